The Bertz CT molecular complexity index is 1730. The van der Waals surface area contributed by atoms with E-state index >= 15 is 0 Å². The topological polar surface area (TPSA) is 95.8 Å². The average molecular weight is 1050 g/mol. The van der Waals surface area contributed by atoms with Gasteiger partial charge in [-0.15, -0.1) is 0 Å². The molecule has 8 nitrogen and oxygen atoms in total. The van der Waals surface area contributed by atoms with E-state index in [0.717, 1.165) is 51.4 Å². The Morgan fingerprint density at radius 1 is 0.386 bits per heavy atom. The molecule has 4 aliphatic carbocycles. The van der Waals surface area contributed by atoms with Gasteiger partial charge in [-0.2, -0.15) is 0 Å². The van der Waals surface area contributed by atoms with Gasteiger partial charge in [0.1, 0.15) is 0 Å². The van der Waals surface area contributed by atoms with Crippen molar-refractivity contribution in [2.24, 2.45) is 0 Å². The van der Waals surface area contributed by atoms with Gasteiger partial charge >= 0.3 is 0 Å². The second-order valence-corrected chi connectivity index (χ2v) is 47.9. The molecular weight excluding hydrogens is 937 g/mol. The molecule has 4 aliphatic rings. The summed E-state index contributed by atoms with van der Waals surface area (Å²) in [4.78, 5) is 0. The lowest BCUT2D eigenvalue weighted by molar-refractivity contribution is -0.126. The second kappa shape index (κ2) is 23.1. The molecule has 2 N–H and O–H groups in total. The Morgan fingerprint density at radius 2 is 0.586 bits per heavy atom. The van der Waals surface area contributed by atoms with Gasteiger partial charge in [-0.1, -0.05) is 144 Å². The maximum Gasteiger partial charge on any atom is 0.192 e. The average Bonchev–Trinajstić information content (AvgIpc) is 3.12. The molecule has 70 heavy (non-hydrogen) atoms. The predicted molar refractivity (Wildman–Crippen MR) is 306 cm³/mol. The summed E-state index contributed by atoms with van der Waals surface area (Å²) in [6.07, 6.45) is 7.73. The Kier molecular flexibility index (Phi) is 20.9. The third-order valence-electron chi connectivity index (χ3n) is 17.2. The number of aliphatic hydroxyl groups is 2. The van der Waals surface area contributed by atoms with E-state index in [1.807, 2.05) is 12.1 Å². The van der Waals surface area contributed by atoms with Crippen molar-refractivity contribution in [1.82, 2.24) is 0 Å². The number of ether oxygens (including phenoxy) is 2. The van der Waals surface area contributed by atoms with Crippen LogP contribution < -0.4 is 0 Å². The van der Waals surface area contributed by atoms with Crippen molar-refractivity contribution in [3.63, 3.8) is 0 Å². The molecule has 2 aromatic carbocycles. The molecule has 0 heterocycles. The van der Waals surface area contributed by atoms with E-state index in [2.05, 4.69) is 212 Å². The SMILES string of the molecule is CC1(O[Si](C)(C)C(C)(C)C)CC(O)C1.CC1(O[Si](C)(C)C(C)(C)C)CC(O)C1.CC1(O[Si](C)(C)C(C)(C)C)CC(OCc2ccccc2)C1.CC1(O[Si](C)(C)C(C)(C)C)CC(OCc2ccccc2)C1. The third-order valence-corrected chi connectivity index (χ3v) is 35.7. The van der Waals surface area contributed by atoms with E-state index in [4.69, 9.17) is 27.2 Å². The Balaban J connectivity index is 0.000000252. The van der Waals surface area contributed by atoms with Crippen molar-refractivity contribution in [3.8, 4) is 0 Å². The first kappa shape index (κ1) is 63.3. The van der Waals surface area contributed by atoms with E-state index in [0.29, 0.717) is 25.4 Å². The van der Waals surface area contributed by atoms with Crippen LogP contribution in [0.1, 0.15) is 173 Å². The minimum absolute atomic E-state index is 0.0182. The van der Waals surface area contributed by atoms with Crippen LogP contribution in [0.5, 0.6) is 0 Å². The molecule has 4 saturated carbocycles. The van der Waals surface area contributed by atoms with E-state index in [-0.39, 0.29) is 54.8 Å². The summed E-state index contributed by atoms with van der Waals surface area (Å²) in [5, 5.41) is 19.7. The van der Waals surface area contributed by atoms with Crippen molar-refractivity contribution < 1.29 is 37.4 Å². The summed E-state index contributed by atoms with van der Waals surface area (Å²) in [5.41, 5.74) is 2.42. The number of aliphatic hydroxyl groups excluding tert-OH is 2. The van der Waals surface area contributed by atoms with Gasteiger partial charge in [-0.25, -0.2) is 0 Å². The van der Waals surface area contributed by atoms with Gasteiger partial charge in [0.05, 0.1) is 60.0 Å². The van der Waals surface area contributed by atoms with E-state index < -0.39 is 33.3 Å². The van der Waals surface area contributed by atoms with Crippen LogP contribution in [0.2, 0.25) is 72.5 Å². The molecule has 0 atom stereocenters. The Morgan fingerprint density at radius 3 is 0.771 bits per heavy atom. The summed E-state index contributed by atoms with van der Waals surface area (Å²) >= 11 is 0. The summed E-state index contributed by atoms with van der Waals surface area (Å²) in [5.74, 6) is 0. The van der Waals surface area contributed by atoms with Crippen molar-refractivity contribution >= 4 is 33.3 Å². The first-order valence-electron chi connectivity index (χ1n) is 26.8. The van der Waals surface area contributed by atoms with Crippen LogP contribution in [0.15, 0.2) is 60.7 Å². The van der Waals surface area contributed by atoms with Crippen LogP contribution in [0.25, 0.3) is 0 Å². The van der Waals surface area contributed by atoms with E-state index in [1.165, 1.54) is 11.1 Å². The highest BCUT2D eigenvalue weighted by atomic mass is 28.4. The van der Waals surface area contributed by atoms with Gasteiger partial charge in [-0.3, -0.25) is 0 Å². The lowest BCUT2D eigenvalue weighted by atomic mass is 9.79. The zero-order valence-corrected chi connectivity index (χ0v) is 53.5. The second-order valence-electron chi connectivity index (χ2n) is 29.0. The highest BCUT2D eigenvalue weighted by Crippen LogP contribution is 2.49. The van der Waals surface area contributed by atoms with Gasteiger partial charge in [0.25, 0.3) is 0 Å². The zero-order valence-electron chi connectivity index (χ0n) is 49.5. The molecule has 0 aromatic heterocycles. The molecule has 404 valence electrons. The number of hydrogen-bond donors (Lipinski definition) is 2. The van der Waals surface area contributed by atoms with E-state index in [9.17, 15) is 10.2 Å². The molecule has 12 heteroatoms. The van der Waals surface area contributed by atoms with Crippen molar-refractivity contribution in [1.29, 1.82) is 0 Å². The maximum absolute atomic E-state index is 9.32. The molecule has 0 saturated heterocycles. The Hall–Kier alpha value is -1.01. The fraction of sp³-hybridized carbons (Fsp3) is 0.793. The molecule has 0 aliphatic heterocycles. The van der Waals surface area contributed by atoms with Gasteiger partial charge in [-0.05, 0) is 111 Å². The van der Waals surface area contributed by atoms with Crippen molar-refractivity contribution in [2.75, 3.05) is 0 Å². The minimum atomic E-state index is -1.68. The van der Waals surface area contributed by atoms with Gasteiger partial charge in [0.2, 0.25) is 0 Å². The molecule has 6 rings (SSSR count). The molecule has 2 aromatic rings. The standard InChI is InChI=1S/2C18H30O2Si.2C11H24O2Si/c2*1-17(2,3)21(5,6)20-18(4)12-16(13-18)19-14-15-10-8-7-9-11-15;2*1-10(2,3)14(5,6)13-11(4)7-9(12)8-11/h2*7-11,16H,12-14H2,1-6H3;2*9,12H,7-8H2,1-6H3. The lowest BCUT2D eigenvalue weighted by Crippen LogP contribution is -2.56. The van der Waals surface area contributed by atoms with Crippen LogP contribution >= 0.6 is 0 Å². The Labute approximate surface area is 435 Å². The van der Waals surface area contributed by atoms with Gasteiger partial charge in [0.15, 0.2) is 33.3 Å². The van der Waals surface area contributed by atoms with Crippen LogP contribution in [0, 0.1) is 0 Å². The molecule has 0 bridgehead atoms. The first-order valence-corrected chi connectivity index (χ1v) is 38.5. The van der Waals surface area contributed by atoms with Gasteiger partial charge in [0, 0.05) is 51.4 Å². The zero-order chi connectivity index (χ0) is 53.8. The summed E-state index contributed by atoms with van der Waals surface area (Å²) in [6.45, 7) is 55.8. The molecule has 0 unspecified atom stereocenters. The third kappa shape index (κ3) is 18.7. The van der Waals surface area contributed by atoms with Crippen molar-refractivity contribution in [2.45, 2.75) is 295 Å². The molecular formula is C58H108O8Si4. The highest BCUT2D eigenvalue weighted by molar-refractivity contribution is 6.75. The number of hydrogen-bond acceptors (Lipinski definition) is 8. The lowest BCUT2D eigenvalue weighted by Gasteiger charge is -2.51. The molecule has 0 amide bonds. The largest absolute Gasteiger partial charge is 0.411 e. The molecule has 0 spiro atoms. The smallest absolute Gasteiger partial charge is 0.192 e. The predicted octanol–water partition coefficient (Wildman–Crippen LogP) is 16.1. The maximum atomic E-state index is 9.32. The van der Waals surface area contributed by atoms with Crippen LogP contribution in [0.3, 0.4) is 0 Å². The highest BCUT2D eigenvalue weighted by Gasteiger charge is 2.52. The van der Waals surface area contributed by atoms with Crippen LogP contribution in [-0.2, 0) is 40.4 Å². The summed E-state index contributed by atoms with van der Waals surface area (Å²) < 4.78 is 37.7. The fourth-order valence-electron chi connectivity index (χ4n) is 8.90. The quantitative estimate of drug-likeness (QED) is 0.181. The summed E-state index contributed by atoms with van der Waals surface area (Å²) in [6, 6.07) is 20.8. The normalized spacial score (nSPS) is 29.5. The van der Waals surface area contributed by atoms with Crippen molar-refractivity contribution in [3.05, 3.63) is 71.8 Å². The summed E-state index contributed by atoms with van der Waals surface area (Å²) in [7, 11) is -6.67. The first-order chi connectivity index (χ1) is 31.3. The minimum Gasteiger partial charge on any atom is -0.411 e. The number of rotatable bonds is 14. The van der Waals surface area contributed by atoms with Gasteiger partial charge < -0.3 is 37.4 Å². The fourth-order valence-corrected chi connectivity index (χ4v) is 15.7. The monoisotopic (exact) mass is 1040 g/mol. The molecule has 4 fully saturated rings. The number of benzene rings is 2. The van der Waals surface area contributed by atoms with Crippen LogP contribution in [-0.4, -0.2) is 90.3 Å². The molecule has 0 radical (unpaired) electrons. The van der Waals surface area contributed by atoms with Crippen LogP contribution in [0.4, 0.5) is 0 Å². The van der Waals surface area contributed by atoms with E-state index in [1.54, 1.807) is 0 Å².